The maximum Gasteiger partial charge on any atom is 0.0568 e. The van der Waals surface area contributed by atoms with Crippen LogP contribution in [0.2, 0.25) is 0 Å². The first-order chi connectivity index (χ1) is 6.05. The largest absolute Gasteiger partial charge is 0.393 e. The molecule has 1 saturated carbocycles. The molecule has 1 nitrogen and oxygen atoms in total. The Kier molecular flexibility index (Phi) is 3.78. The van der Waals surface area contributed by atoms with Gasteiger partial charge in [-0.15, -0.1) is 0 Å². The molecule has 0 spiro atoms. The molecule has 0 saturated heterocycles. The predicted octanol–water partition coefficient (Wildman–Crippen LogP) is 3.36. The maximum absolute atomic E-state index is 9.83. The molecular formula is C12H24O. The molecule has 78 valence electrons. The maximum atomic E-state index is 9.83. The Morgan fingerprint density at radius 1 is 1.23 bits per heavy atom. The molecule has 1 rings (SSSR count). The smallest absolute Gasteiger partial charge is 0.0568 e. The SMILES string of the molecule is CCC(C)(C)CC1CCCCC1O. The highest BCUT2D eigenvalue weighted by Crippen LogP contribution is 2.36. The molecule has 1 N–H and O–H groups in total. The van der Waals surface area contributed by atoms with Crippen molar-refractivity contribution in [2.45, 2.75) is 65.4 Å². The van der Waals surface area contributed by atoms with Gasteiger partial charge in [-0.1, -0.05) is 40.0 Å². The standard InChI is InChI=1S/C12H24O/c1-4-12(2,3)9-10-7-5-6-8-11(10)13/h10-11,13H,4-9H2,1-3H3. The highest BCUT2D eigenvalue weighted by molar-refractivity contribution is 4.80. The molecule has 1 fully saturated rings. The van der Waals surface area contributed by atoms with E-state index in [1.807, 2.05) is 0 Å². The van der Waals surface area contributed by atoms with Gasteiger partial charge in [0.25, 0.3) is 0 Å². The molecule has 2 unspecified atom stereocenters. The molecule has 0 aromatic heterocycles. The minimum Gasteiger partial charge on any atom is -0.393 e. The molecule has 2 atom stereocenters. The molecule has 1 aliphatic carbocycles. The van der Waals surface area contributed by atoms with E-state index < -0.39 is 0 Å². The molecule has 0 amide bonds. The van der Waals surface area contributed by atoms with Gasteiger partial charge in [0.2, 0.25) is 0 Å². The van der Waals surface area contributed by atoms with Gasteiger partial charge in [-0.3, -0.25) is 0 Å². The van der Waals surface area contributed by atoms with Gasteiger partial charge in [0.05, 0.1) is 6.10 Å². The van der Waals surface area contributed by atoms with E-state index in [0.29, 0.717) is 11.3 Å². The third-order valence-electron chi connectivity index (χ3n) is 3.64. The van der Waals surface area contributed by atoms with Crippen molar-refractivity contribution in [3.63, 3.8) is 0 Å². The summed E-state index contributed by atoms with van der Waals surface area (Å²) in [5.74, 6) is 0.573. The van der Waals surface area contributed by atoms with Crippen LogP contribution in [0.15, 0.2) is 0 Å². The summed E-state index contributed by atoms with van der Waals surface area (Å²) in [6.07, 6.45) is 7.22. The van der Waals surface area contributed by atoms with Crippen LogP contribution in [0.3, 0.4) is 0 Å². The fourth-order valence-corrected chi connectivity index (χ4v) is 2.28. The van der Waals surface area contributed by atoms with Gasteiger partial charge in [0.1, 0.15) is 0 Å². The predicted molar refractivity (Wildman–Crippen MR) is 56.7 cm³/mol. The fourth-order valence-electron chi connectivity index (χ4n) is 2.28. The minimum atomic E-state index is -0.0143. The molecule has 0 heterocycles. The Hall–Kier alpha value is -0.0400. The van der Waals surface area contributed by atoms with Crippen molar-refractivity contribution in [2.24, 2.45) is 11.3 Å². The van der Waals surface area contributed by atoms with Gasteiger partial charge in [0, 0.05) is 0 Å². The van der Waals surface area contributed by atoms with Gasteiger partial charge in [-0.05, 0) is 30.6 Å². The zero-order chi connectivity index (χ0) is 9.90. The van der Waals surface area contributed by atoms with E-state index in [-0.39, 0.29) is 6.10 Å². The second kappa shape index (κ2) is 4.45. The summed E-state index contributed by atoms with van der Waals surface area (Å²) in [6.45, 7) is 6.87. The van der Waals surface area contributed by atoms with Crippen LogP contribution >= 0.6 is 0 Å². The van der Waals surface area contributed by atoms with Gasteiger partial charge >= 0.3 is 0 Å². The summed E-state index contributed by atoms with van der Waals surface area (Å²) in [5.41, 5.74) is 0.420. The van der Waals surface area contributed by atoms with E-state index >= 15 is 0 Å². The van der Waals surface area contributed by atoms with E-state index in [2.05, 4.69) is 20.8 Å². The molecule has 0 aliphatic heterocycles. The van der Waals surface area contributed by atoms with Crippen molar-refractivity contribution in [1.29, 1.82) is 0 Å². The Morgan fingerprint density at radius 2 is 1.85 bits per heavy atom. The molecule has 13 heavy (non-hydrogen) atoms. The number of hydrogen-bond acceptors (Lipinski definition) is 1. The van der Waals surface area contributed by atoms with E-state index in [1.54, 1.807) is 0 Å². The highest BCUT2D eigenvalue weighted by atomic mass is 16.3. The second-order valence-electron chi connectivity index (χ2n) is 5.33. The van der Waals surface area contributed by atoms with Crippen LogP contribution in [0.25, 0.3) is 0 Å². The minimum absolute atomic E-state index is 0.0143. The van der Waals surface area contributed by atoms with Crippen LogP contribution < -0.4 is 0 Å². The van der Waals surface area contributed by atoms with Crippen molar-refractivity contribution >= 4 is 0 Å². The van der Waals surface area contributed by atoms with Crippen LogP contribution in [0.4, 0.5) is 0 Å². The third kappa shape index (κ3) is 3.30. The first-order valence-corrected chi connectivity index (χ1v) is 5.73. The summed E-state index contributed by atoms with van der Waals surface area (Å²) in [5, 5.41) is 9.83. The van der Waals surface area contributed by atoms with E-state index in [4.69, 9.17) is 0 Å². The summed E-state index contributed by atoms with van der Waals surface area (Å²) in [7, 11) is 0. The second-order valence-corrected chi connectivity index (χ2v) is 5.33. The van der Waals surface area contributed by atoms with Crippen LogP contribution in [-0.4, -0.2) is 11.2 Å². The molecule has 0 aromatic carbocycles. The van der Waals surface area contributed by atoms with Crippen LogP contribution in [0.5, 0.6) is 0 Å². The average Bonchev–Trinajstić information content (AvgIpc) is 2.09. The lowest BCUT2D eigenvalue weighted by Gasteiger charge is -2.34. The van der Waals surface area contributed by atoms with Gasteiger partial charge in [-0.2, -0.15) is 0 Å². The zero-order valence-corrected chi connectivity index (χ0v) is 9.34. The summed E-state index contributed by atoms with van der Waals surface area (Å²) in [4.78, 5) is 0. The van der Waals surface area contributed by atoms with Crippen molar-refractivity contribution in [3.8, 4) is 0 Å². The number of aliphatic hydroxyl groups excluding tert-OH is 1. The van der Waals surface area contributed by atoms with E-state index in [9.17, 15) is 5.11 Å². The van der Waals surface area contributed by atoms with Gasteiger partial charge in [0.15, 0.2) is 0 Å². The molecule has 0 bridgehead atoms. The number of hydrogen-bond donors (Lipinski definition) is 1. The number of aliphatic hydroxyl groups is 1. The zero-order valence-electron chi connectivity index (χ0n) is 9.34. The van der Waals surface area contributed by atoms with E-state index in [1.165, 1.54) is 32.1 Å². The fraction of sp³-hybridized carbons (Fsp3) is 1.00. The topological polar surface area (TPSA) is 20.2 Å². The van der Waals surface area contributed by atoms with Gasteiger partial charge in [-0.25, -0.2) is 0 Å². The third-order valence-corrected chi connectivity index (χ3v) is 3.64. The Bertz CT molecular complexity index is 151. The monoisotopic (exact) mass is 184 g/mol. The van der Waals surface area contributed by atoms with Crippen molar-refractivity contribution in [2.75, 3.05) is 0 Å². The summed E-state index contributed by atoms with van der Waals surface area (Å²) < 4.78 is 0. The van der Waals surface area contributed by atoms with E-state index in [0.717, 1.165) is 6.42 Å². The van der Waals surface area contributed by atoms with Crippen molar-refractivity contribution in [3.05, 3.63) is 0 Å². The van der Waals surface area contributed by atoms with Crippen LogP contribution in [0.1, 0.15) is 59.3 Å². The Morgan fingerprint density at radius 3 is 2.38 bits per heavy atom. The van der Waals surface area contributed by atoms with Crippen molar-refractivity contribution in [1.82, 2.24) is 0 Å². The lowest BCUT2D eigenvalue weighted by molar-refractivity contribution is 0.0433. The van der Waals surface area contributed by atoms with Crippen LogP contribution in [0, 0.1) is 11.3 Å². The molecule has 0 radical (unpaired) electrons. The average molecular weight is 184 g/mol. The molecule has 1 heteroatoms. The van der Waals surface area contributed by atoms with Crippen molar-refractivity contribution < 1.29 is 5.11 Å². The summed E-state index contributed by atoms with van der Waals surface area (Å²) in [6, 6.07) is 0. The number of rotatable bonds is 3. The first kappa shape index (κ1) is 11.0. The Balaban J connectivity index is 2.42. The molecule has 1 aliphatic rings. The normalized spacial score (nSPS) is 30.5. The first-order valence-electron chi connectivity index (χ1n) is 5.73. The summed E-state index contributed by atoms with van der Waals surface area (Å²) >= 11 is 0. The molecular weight excluding hydrogens is 160 g/mol. The quantitative estimate of drug-likeness (QED) is 0.713. The van der Waals surface area contributed by atoms with Gasteiger partial charge < -0.3 is 5.11 Å². The lowest BCUT2D eigenvalue weighted by atomic mass is 9.74. The molecule has 0 aromatic rings. The lowest BCUT2D eigenvalue weighted by Crippen LogP contribution is -2.29. The Labute approximate surface area is 82.5 Å². The van der Waals surface area contributed by atoms with Crippen LogP contribution in [-0.2, 0) is 0 Å². The highest BCUT2D eigenvalue weighted by Gasteiger charge is 2.28.